The molecule has 1 aromatic rings. The Morgan fingerprint density at radius 2 is 2.00 bits per heavy atom. The number of aliphatic imine (C=N–C) groups is 1. The Labute approximate surface area is 108 Å². The van der Waals surface area contributed by atoms with Crippen molar-refractivity contribution >= 4 is 29.4 Å². The van der Waals surface area contributed by atoms with Gasteiger partial charge in [0.25, 0.3) is 0 Å². The molecule has 0 aliphatic rings. The van der Waals surface area contributed by atoms with Crippen molar-refractivity contribution in [2.24, 2.45) is 10.7 Å². The average Bonchev–Trinajstić information content (AvgIpc) is 2.34. The zero-order valence-corrected chi connectivity index (χ0v) is 10.00. The summed E-state index contributed by atoms with van der Waals surface area (Å²) in [7, 11) is 0. The first-order valence-corrected chi connectivity index (χ1v) is 5.13. The van der Waals surface area contributed by atoms with Gasteiger partial charge in [-0.05, 0) is 6.07 Å². The van der Waals surface area contributed by atoms with Crippen molar-refractivity contribution in [1.29, 1.82) is 10.5 Å². The second-order valence-electron chi connectivity index (χ2n) is 2.89. The van der Waals surface area contributed by atoms with E-state index >= 15 is 0 Å². The van der Waals surface area contributed by atoms with Crippen LogP contribution in [0.15, 0.2) is 34.6 Å². The fourth-order valence-electron chi connectivity index (χ4n) is 0.966. The van der Waals surface area contributed by atoms with Crippen LogP contribution in [0.2, 0.25) is 10.0 Å². The molecule has 4 nitrogen and oxygen atoms in total. The largest absolute Gasteiger partial charge is 0.388 e. The highest BCUT2D eigenvalue weighted by Crippen LogP contribution is 2.24. The van der Waals surface area contributed by atoms with Crippen molar-refractivity contribution in [2.45, 2.75) is 0 Å². The third kappa shape index (κ3) is 3.22. The molecule has 17 heavy (non-hydrogen) atoms. The lowest BCUT2D eigenvalue weighted by atomic mass is 10.2. The minimum absolute atomic E-state index is 0.163. The Bertz CT molecular complexity index is 576. The molecule has 0 spiro atoms. The summed E-state index contributed by atoms with van der Waals surface area (Å²) in [5.74, 6) is 0. The van der Waals surface area contributed by atoms with Gasteiger partial charge in [0.2, 0.25) is 0 Å². The summed E-state index contributed by atoms with van der Waals surface area (Å²) in [6.45, 7) is 0. The van der Waals surface area contributed by atoms with Crippen molar-refractivity contribution in [3.05, 3.63) is 45.2 Å². The topological polar surface area (TPSA) is 86.0 Å². The van der Waals surface area contributed by atoms with Crippen LogP contribution in [0.3, 0.4) is 0 Å². The molecule has 1 aromatic carbocycles. The van der Waals surface area contributed by atoms with Crippen LogP contribution >= 0.6 is 23.2 Å². The van der Waals surface area contributed by atoms with E-state index in [9.17, 15) is 0 Å². The molecule has 6 heteroatoms. The summed E-state index contributed by atoms with van der Waals surface area (Å²) < 4.78 is 0. The highest BCUT2D eigenvalue weighted by molar-refractivity contribution is 6.43. The summed E-state index contributed by atoms with van der Waals surface area (Å²) >= 11 is 11.7. The monoisotopic (exact) mass is 264 g/mol. The Balaban J connectivity index is 3.12. The van der Waals surface area contributed by atoms with E-state index in [1.807, 2.05) is 0 Å². The van der Waals surface area contributed by atoms with Crippen LogP contribution in [0, 0.1) is 22.7 Å². The number of hydrogen-bond donors (Lipinski definition) is 1. The summed E-state index contributed by atoms with van der Waals surface area (Å²) in [5, 5.41) is 18.0. The van der Waals surface area contributed by atoms with Gasteiger partial charge in [-0.15, -0.1) is 0 Å². The minimum Gasteiger partial charge on any atom is -0.388 e. The number of benzene rings is 1. The number of allylic oxidation sites excluding steroid dienone is 2. The molecule has 1 rings (SSSR count). The van der Waals surface area contributed by atoms with Gasteiger partial charge < -0.3 is 5.73 Å². The van der Waals surface area contributed by atoms with Crippen molar-refractivity contribution in [2.75, 3.05) is 0 Å². The van der Waals surface area contributed by atoms with E-state index in [-0.39, 0.29) is 11.4 Å². The van der Waals surface area contributed by atoms with Gasteiger partial charge in [-0.25, -0.2) is 4.99 Å². The standard InChI is InChI=1S/C11H6Cl2N4/c12-8-3-1-2-7(11(8)13)6-17-10(5-15)9(16)4-14/h1-3,6H,16H2/b10-9+,17-6?. The molecule has 84 valence electrons. The van der Waals surface area contributed by atoms with Crippen LogP contribution in [-0.2, 0) is 0 Å². The summed E-state index contributed by atoms with van der Waals surface area (Å²) in [4.78, 5) is 3.79. The van der Waals surface area contributed by atoms with Gasteiger partial charge in [0.05, 0.1) is 10.0 Å². The van der Waals surface area contributed by atoms with E-state index in [1.165, 1.54) is 6.21 Å². The lowest BCUT2D eigenvalue weighted by molar-refractivity contribution is 1.27. The molecule has 0 bridgehead atoms. The van der Waals surface area contributed by atoms with Gasteiger partial charge in [-0.2, -0.15) is 10.5 Å². The fourth-order valence-corrected chi connectivity index (χ4v) is 1.32. The Morgan fingerprint density at radius 3 is 2.59 bits per heavy atom. The van der Waals surface area contributed by atoms with E-state index in [4.69, 9.17) is 39.5 Å². The first-order chi connectivity index (χ1) is 8.10. The Hall–Kier alpha value is -2.01. The molecule has 0 fully saturated rings. The third-order valence-corrected chi connectivity index (χ3v) is 2.63. The van der Waals surface area contributed by atoms with Crippen molar-refractivity contribution in [1.82, 2.24) is 0 Å². The number of halogens is 2. The number of hydrogen-bond acceptors (Lipinski definition) is 4. The molecule has 0 saturated carbocycles. The van der Waals surface area contributed by atoms with Gasteiger partial charge in [0.15, 0.2) is 5.70 Å². The van der Waals surface area contributed by atoms with E-state index < -0.39 is 0 Å². The number of nitriles is 2. The SMILES string of the molecule is N#C/C(N)=C(/C#N)N=Cc1cccc(Cl)c1Cl. The van der Waals surface area contributed by atoms with Crippen LogP contribution in [0.25, 0.3) is 0 Å². The fraction of sp³-hybridized carbons (Fsp3) is 0. The van der Waals surface area contributed by atoms with Gasteiger partial charge in [0.1, 0.15) is 17.8 Å². The molecule has 0 radical (unpaired) electrons. The first-order valence-electron chi connectivity index (χ1n) is 4.38. The van der Waals surface area contributed by atoms with Crippen molar-refractivity contribution in [3.63, 3.8) is 0 Å². The van der Waals surface area contributed by atoms with E-state index in [0.29, 0.717) is 15.6 Å². The van der Waals surface area contributed by atoms with Gasteiger partial charge >= 0.3 is 0 Å². The second-order valence-corrected chi connectivity index (χ2v) is 3.67. The van der Waals surface area contributed by atoms with Crippen LogP contribution in [-0.4, -0.2) is 6.21 Å². The summed E-state index contributed by atoms with van der Waals surface area (Å²) in [5.41, 5.74) is 5.41. The number of nitrogens with zero attached hydrogens (tertiary/aromatic N) is 3. The molecule has 0 amide bonds. The van der Waals surface area contributed by atoms with Crippen LogP contribution in [0.4, 0.5) is 0 Å². The summed E-state index contributed by atoms with van der Waals surface area (Å²) in [6, 6.07) is 8.36. The molecular weight excluding hydrogens is 259 g/mol. The normalized spacial score (nSPS) is 11.8. The van der Waals surface area contributed by atoms with E-state index in [0.717, 1.165) is 0 Å². The van der Waals surface area contributed by atoms with E-state index in [1.54, 1.807) is 30.3 Å². The Morgan fingerprint density at radius 1 is 1.29 bits per heavy atom. The van der Waals surface area contributed by atoms with Crippen LogP contribution < -0.4 is 5.73 Å². The minimum atomic E-state index is -0.248. The average molecular weight is 265 g/mol. The third-order valence-electron chi connectivity index (χ3n) is 1.80. The lowest BCUT2D eigenvalue weighted by Gasteiger charge is -1.99. The van der Waals surface area contributed by atoms with Gasteiger partial charge in [0, 0.05) is 11.8 Å². The highest BCUT2D eigenvalue weighted by atomic mass is 35.5. The van der Waals surface area contributed by atoms with Crippen LogP contribution in [0.5, 0.6) is 0 Å². The lowest BCUT2D eigenvalue weighted by Crippen LogP contribution is -1.97. The van der Waals surface area contributed by atoms with Gasteiger partial charge in [-0.3, -0.25) is 0 Å². The maximum Gasteiger partial charge on any atom is 0.174 e. The molecule has 0 heterocycles. The molecule has 0 aliphatic heterocycles. The molecule has 0 saturated heterocycles. The first kappa shape index (κ1) is 13.1. The van der Waals surface area contributed by atoms with Crippen LogP contribution in [0.1, 0.15) is 5.56 Å². The molecule has 0 aliphatic carbocycles. The summed E-state index contributed by atoms with van der Waals surface area (Å²) in [6.07, 6.45) is 1.33. The molecule has 2 N–H and O–H groups in total. The highest BCUT2D eigenvalue weighted by Gasteiger charge is 2.03. The van der Waals surface area contributed by atoms with E-state index in [2.05, 4.69) is 4.99 Å². The maximum atomic E-state index is 8.72. The predicted molar refractivity (Wildman–Crippen MR) is 66.5 cm³/mol. The molecular formula is C11H6Cl2N4. The second kappa shape index (κ2) is 5.91. The smallest absolute Gasteiger partial charge is 0.174 e. The number of rotatable bonds is 2. The maximum absolute atomic E-state index is 8.72. The molecule has 0 unspecified atom stereocenters. The van der Waals surface area contributed by atoms with Crippen molar-refractivity contribution < 1.29 is 0 Å². The Kier molecular flexibility index (Phi) is 4.54. The number of nitrogens with two attached hydrogens (primary N) is 1. The quantitative estimate of drug-likeness (QED) is 0.658. The van der Waals surface area contributed by atoms with Crippen molar-refractivity contribution in [3.8, 4) is 12.1 Å². The predicted octanol–water partition coefficient (Wildman–Crippen LogP) is 2.63. The zero-order valence-electron chi connectivity index (χ0n) is 8.48. The molecule has 0 atom stereocenters. The zero-order chi connectivity index (χ0) is 12.8. The molecule has 0 aromatic heterocycles. The van der Waals surface area contributed by atoms with Gasteiger partial charge in [-0.1, -0.05) is 35.3 Å².